The van der Waals surface area contributed by atoms with E-state index in [0.29, 0.717) is 5.69 Å². The molecule has 132 valence electrons. The number of nitrogens with one attached hydrogen (secondary N) is 1. The lowest BCUT2D eigenvalue weighted by Gasteiger charge is -2.36. The molecule has 0 spiro atoms. The third-order valence-electron chi connectivity index (χ3n) is 4.50. The maximum absolute atomic E-state index is 12.6. The molecule has 1 fully saturated rings. The minimum atomic E-state index is 0.0194. The second kappa shape index (κ2) is 8.01. The van der Waals surface area contributed by atoms with Crippen molar-refractivity contribution < 1.29 is 4.79 Å². The number of aryl methyl sites for hydroxylation is 1. The van der Waals surface area contributed by atoms with Gasteiger partial charge in [-0.3, -0.25) is 4.79 Å². The molecule has 1 N–H and O–H groups in total. The van der Waals surface area contributed by atoms with E-state index < -0.39 is 0 Å². The van der Waals surface area contributed by atoms with Crippen LogP contribution in [0.3, 0.4) is 0 Å². The molecule has 0 unspecified atom stereocenters. The highest BCUT2D eigenvalue weighted by atomic mass is 16.2. The van der Waals surface area contributed by atoms with Gasteiger partial charge in [0.25, 0.3) is 5.91 Å². The minimum Gasteiger partial charge on any atom is -0.384 e. The van der Waals surface area contributed by atoms with Crippen molar-refractivity contribution in [2.24, 2.45) is 0 Å². The van der Waals surface area contributed by atoms with Gasteiger partial charge >= 0.3 is 0 Å². The second-order valence-corrected chi connectivity index (χ2v) is 6.48. The van der Waals surface area contributed by atoms with E-state index in [2.05, 4.69) is 53.3 Å². The van der Waals surface area contributed by atoms with Crippen molar-refractivity contribution in [2.75, 3.05) is 42.9 Å². The smallest absolute Gasteiger partial charge is 0.272 e. The normalized spacial score (nSPS) is 14.5. The Balaban J connectivity index is 1.58. The van der Waals surface area contributed by atoms with Crippen LogP contribution in [-0.4, -0.2) is 48.5 Å². The van der Waals surface area contributed by atoms with E-state index in [-0.39, 0.29) is 5.91 Å². The van der Waals surface area contributed by atoms with E-state index in [9.17, 15) is 4.79 Å². The van der Waals surface area contributed by atoms with E-state index in [4.69, 9.17) is 0 Å². The molecule has 0 saturated carbocycles. The van der Waals surface area contributed by atoms with E-state index in [1.165, 1.54) is 11.3 Å². The molecule has 1 aliphatic heterocycles. The molecule has 25 heavy (non-hydrogen) atoms. The highest BCUT2D eigenvalue weighted by Gasteiger charge is 2.23. The highest BCUT2D eigenvalue weighted by Crippen LogP contribution is 2.18. The maximum atomic E-state index is 12.6. The lowest BCUT2D eigenvalue weighted by Crippen LogP contribution is -2.49. The van der Waals surface area contributed by atoms with Crippen molar-refractivity contribution in [3.8, 4) is 0 Å². The molecular weight excluding hydrogens is 312 g/mol. The summed E-state index contributed by atoms with van der Waals surface area (Å²) >= 11 is 0. The molecule has 5 heteroatoms. The number of nitrogens with zero attached hydrogens (tertiary/aromatic N) is 3. The van der Waals surface area contributed by atoms with Gasteiger partial charge in [-0.05, 0) is 43.2 Å². The van der Waals surface area contributed by atoms with Gasteiger partial charge in [-0.1, -0.05) is 19.1 Å². The maximum Gasteiger partial charge on any atom is 0.272 e. The average Bonchev–Trinajstić information content (AvgIpc) is 2.66. The fourth-order valence-electron chi connectivity index (χ4n) is 3.05. The molecule has 0 radical (unpaired) electrons. The van der Waals surface area contributed by atoms with Gasteiger partial charge in [0.15, 0.2) is 0 Å². The Kier molecular flexibility index (Phi) is 5.53. The summed E-state index contributed by atoms with van der Waals surface area (Å²) in [6.07, 6.45) is 2.80. The Bertz CT molecular complexity index is 706. The number of hydrogen-bond donors (Lipinski definition) is 1. The SMILES string of the molecule is CCCNc1ccc(C(=O)N2CCN(c3cccc(C)c3)CC2)nc1. The summed E-state index contributed by atoms with van der Waals surface area (Å²) < 4.78 is 0. The van der Waals surface area contributed by atoms with Crippen LogP contribution in [0.4, 0.5) is 11.4 Å². The zero-order chi connectivity index (χ0) is 17.6. The van der Waals surface area contributed by atoms with E-state index in [0.717, 1.165) is 44.8 Å². The quantitative estimate of drug-likeness (QED) is 0.910. The van der Waals surface area contributed by atoms with Crippen LogP contribution in [0.2, 0.25) is 0 Å². The number of rotatable bonds is 5. The van der Waals surface area contributed by atoms with Crippen molar-refractivity contribution in [2.45, 2.75) is 20.3 Å². The standard InChI is InChI=1S/C20H26N4O/c1-3-9-21-17-7-8-19(22-15-17)20(25)24-12-10-23(11-13-24)18-6-4-5-16(2)14-18/h4-8,14-15,21H,3,9-13H2,1-2H3. The van der Waals surface area contributed by atoms with Crippen LogP contribution < -0.4 is 10.2 Å². The Hall–Kier alpha value is -2.56. The van der Waals surface area contributed by atoms with E-state index in [1.807, 2.05) is 17.0 Å². The minimum absolute atomic E-state index is 0.0194. The first-order chi connectivity index (χ1) is 12.2. The van der Waals surface area contributed by atoms with Crippen LogP contribution >= 0.6 is 0 Å². The summed E-state index contributed by atoms with van der Waals surface area (Å²) in [7, 11) is 0. The summed E-state index contributed by atoms with van der Waals surface area (Å²) in [5.41, 5.74) is 3.97. The number of hydrogen-bond acceptors (Lipinski definition) is 4. The predicted octanol–water partition coefficient (Wildman–Crippen LogP) is 3.17. The molecule has 3 rings (SSSR count). The number of pyridine rings is 1. The average molecular weight is 338 g/mol. The molecule has 2 aromatic rings. The van der Waals surface area contributed by atoms with Gasteiger partial charge in [-0.2, -0.15) is 0 Å². The van der Waals surface area contributed by atoms with Crippen LogP contribution in [0.1, 0.15) is 29.4 Å². The zero-order valence-electron chi connectivity index (χ0n) is 15.0. The number of aromatic nitrogens is 1. The fourth-order valence-corrected chi connectivity index (χ4v) is 3.05. The lowest BCUT2D eigenvalue weighted by molar-refractivity contribution is 0.0741. The van der Waals surface area contributed by atoms with E-state index in [1.54, 1.807) is 6.20 Å². The van der Waals surface area contributed by atoms with Gasteiger partial charge in [0.1, 0.15) is 5.69 Å². The third-order valence-corrected chi connectivity index (χ3v) is 4.50. The van der Waals surface area contributed by atoms with Crippen molar-refractivity contribution in [3.63, 3.8) is 0 Å². The van der Waals surface area contributed by atoms with E-state index >= 15 is 0 Å². The van der Waals surface area contributed by atoms with Crippen LogP contribution in [0.5, 0.6) is 0 Å². The first kappa shape index (κ1) is 17.3. The van der Waals surface area contributed by atoms with Gasteiger partial charge in [-0.25, -0.2) is 4.98 Å². The molecule has 1 amide bonds. The van der Waals surface area contributed by atoms with Gasteiger partial charge in [0.05, 0.1) is 11.9 Å². The molecule has 0 atom stereocenters. The molecule has 2 heterocycles. The number of carbonyl (C=O) groups is 1. The molecule has 1 aromatic heterocycles. The van der Waals surface area contributed by atoms with Crippen LogP contribution in [-0.2, 0) is 0 Å². The summed E-state index contributed by atoms with van der Waals surface area (Å²) in [5.74, 6) is 0.0194. The Morgan fingerprint density at radius 3 is 2.60 bits per heavy atom. The molecule has 1 aliphatic rings. The van der Waals surface area contributed by atoms with Gasteiger partial charge in [-0.15, -0.1) is 0 Å². The van der Waals surface area contributed by atoms with Crippen molar-refractivity contribution in [1.82, 2.24) is 9.88 Å². The predicted molar refractivity (Wildman–Crippen MR) is 102 cm³/mol. The highest BCUT2D eigenvalue weighted by molar-refractivity contribution is 5.92. The number of carbonyl (C=O) groups excluding carboxylic acids is 1. The largest absolute Gasteiger partial charge is 0.384 e. The zero-order valence-corrected chi connectivity index (χ0v) is 15.0. The van der Waals surface area contributed by atoms with Crippen LogP contribution in [0, 0.1) is 6.92 Å². The molecular formula is C20H26N4O. The molecule has 1 saturated heterocycles. The summed E-state index contributed by atoms with van der Waals surface area (Å²) in [6, 6.07) is 12.3. The Morgan fingerprint density at radius 1 is 1.16 bits per heavy atom. The topological polar surface area (TPSA) is 48.5 Å². The first-order valence-electron chi connectivity index (χ1n) is 8.98. The van der Waals surface area contributed by atoms with Gasteiger partial charge in [0.2, 0.25) is 0 Å². The molecule has 0 aliphatic carbocycles. The van der Waals surface area contributed by atoms with Gasteiger partial charge < -0.3 is 15.1 Å². The summed E-state index contributed by atoms with van der Waals surface area (Å²) in [4.78, 5) is 21.2. The Labute approximate surface area is 149 Å². The molecule has 5 nitrogen and oxygen atoms in total. The number of benzene rings is 1. The number of piperazine rings is 1. The second-order valence-electron chi connectivity index (χ2n) is 6.48. The first-order valence-corrected chi connectivity index (χ1v) is 8.98. The van der Waals surface area contributed by atoms with Gasteiger partial charge in [0, 0.05) is 38.4 Å². The fraction of sp³-hybridized carbons (Fsp3) is 0.400. The van der Waals surface area contributed by atoms with Crippen molar-refractivity contribution in [1.29, 1.82) is 0 Å². The lowest BCUT2D eigenvalue weighted by atomic mass is 10.2. The monoisotopic (exact) mass is 338 g/mol. The summed E-state index contributed by atoms with van der Waals surface area (Å²) in [6.45, 7) is 8.30. The van der Waals surface area contributed by atoms with Crippen molar-refractivity contribution in [3.05, 3.63) is 53.9 Å². The van der Waals surface area contributed by atoms with Crippen LogP contribution in [0.15, 0.2) is 42.6 Å². The number of amides is 1. The third kappa shape index (κ3) is 4.29. The summed E-state index contributed by atoms with van der Waals surface area (Å²) in [5, 5.41) is 3.27. The molecule has 1 aromatic carbocycles. The van der Waals surface area contributed by atoms with Crippen molar-refractivity contribution >= 4 is 17.3 Å². The Morgan fingerprint density at radius 2 is 1.96 bits per heavy atom. The number of anilines is 2. The van der Waals surface area contributed by atoms with Crippen LogP contribution in [0.25, 0.3) is 0 Å². The molecule has 0 bridgehead atoms.